The first-order valence-corrected chi connectivity index (χ1v) is 13.8. The molecule has 11 N–H and O–H groups in total. The van der Waals surface area contributed by atoms with Gasteiger partial charge in [0.15, 0.2) is 0 Å². The molecule has 5 atom stereocenters. The maximum atomic E-state index is 13.4. The summed E-state index contributed by atoms with van der Waals surface area (Å²) in [6.45, 7) is -1.54. The molecule has 4 amide bonds. The highest BCUT2D eigenvalue weighted by Gasteiger charge is 2.32. The van der Waals surface area contributed by atoms with Gasteiger partial charge in [0.2, 0.25) is 23.6 Å². The molecule has 2 rings (SSSR count). The van der Waals surface area contributed by atoms with Crippen molar-refractivity contribution in [3.63, 3.8) is 0 Å². The number of carbonyl (C=O) groups is 5. The highest BCUT2D eigenvalue weighted by Crippen LogP contribution is 2.06. The lowest BCUT2D eigenvalue weighted by Gasteiger charge is -2.25. The standard InChI is InChI=1S/C23H35N9O8S/c1-41-3-2-15(23(39)40)29-20(36)16(4-12-6-25-10-27-12)30-21(37)17(5-13-7-26-11-28-13)31-22(38)18(9-34)32-19(35)14(24)8-33/h6-7,10-11,14-18,33-34H,2-5,8-9,24H2,1H3,(H,25,27)(H,26,28)(H,29,36)(H,30,37)(H,31,38)(H,32,35)(H,39,40)/t14-,15-,16-,17-,18-/m0/s1. The molecule has 0 saturated heterocycles. The average Bonchev–Trinajstić information content (AvgIpc) is 3.66. The number of aliphatic hydroxyl groups is 2. The Morgan fingerprint density at radius 3 is 1.66 bits per heavy atom. The Morgan fingerprint density at radius 2 is 1.27 bits per heavy atom. The molecule has 0 aliphatic rings. The van der Waals surface area contributed by atoms with E-state index in [1.54, 1.807) is 6.26 Å². The zero-order valence-corrected chi connectivity index (χ0v) is 23.0. The summed E-state index contributed by atoms with van der Waals surface area (Å²) in [5, 5.41) is 37.9. The van der Waals surface area contributed by atoms with Gasteiger partial charge >= 0.3 is 5.97 Å². The molecule has 18 heteroatoms. The SMILES string of the molecule is CSCC[C@H](NC(=O)[C@H](Cc1cnc[nH]1)NC(=O)[C@H](Cc1cnc[nH]1)NC(=O)[C@H](CO)NC(=O)[C@@H](N)CO)C(=O)O. The third-order valence-corrected chi connectivity index (χ3v) is 6.44. The number of amides is 4. The molecule has 0 radical (unpaired) electrons. The van der Waals surface area contributed by atoms with E-state index in [1.165, 1.54) is 36.8 Å². The van der Waals surface area contributed by atoms with Crippen LogP contribution in [0.15, 0.2) is 25.0 Å². The minimum Gasteiger partial charge on any atom is -0.480 e. The van der Waals surface area contributed by atoms with E-state index in [4.69, 9.17) is 10.8 Å². The molecule has 0 aromatic carbocycles. The number of nitrogens with two attached hydrogens (primary N) is 1. The molecule has 0 unspecified atom stereocenters. The van der Waals surface area contributed by atoms with Crippen molar-refractivity contribution in [1.82, 2.24) is 41.2 Å². The third kappa shape index (κ3) is 10.8. The fourth-order valence-electron chi connectivity index (χ4n) is 3.52. The molecule has 17 nitrogen and oxygen atoms in total. The van der Waals surface area contributed by atoms with E-state index < -0.39 is 73.0 Å². The summed E-state index contributed by atoms with van der Waals surface area (Å²) in [7, 11) is 0. The molecule has 0 aliphatic carbocycles. The predicted octanol–water partition coefficient (Wildman–Crippen LogP) is -3.99. The van der Waals surface area contributed by atoms with E-state index in [2.05, 4.69) is 41.2 Å². The van der Waals surface area contributed by atoms with E-state index in [1.807, 2.05) is 0 Å². The first-order chi connectivity index (χ1) is 19.6. The zero-order chi connectivity index (χ0) is 30.4. The number of carbonyl (C=O) groups excluding carboxylic acids is 4. The maximum absolute atomic E-state index is 13.4. The number of H-pyrrole nitrogens is 2. The van der Waals surface area contributed by atoms with Gasteiger partial charge in [-0.25, -0.2) is 14.8 Å². The predicted molar refractivity (Wildman–Crippen MR) is 145 cm³/mol. The number of imidazole rings is 2. The molecule has 0 fully saturated rings. The van der Waals surface area contributed by atoms with E-state index in [0.717, 1.165) is 0 Å². The van der Waals surface area contributed by atoms with Crippen molar-refractivity contribution >= 4 is 41.4 Å². The second-order valence-corrected chi connectivity index (χ2v) is 9.88. The van der Waals surface area contributed by atoms with Crippen LogP contribution < -0.4 is 27.0 Å². The fraction of sp³-hybridized carbons (Fsp3) is 0.522. The van der Waals surface area contributed by atoms with Gasteiger partial charge in [-0.3, -0.25) is 19.2 Å². The summed E-state index contributed by atoms with van der Waals surface area (Å²) in [6, 6.07) is -6.64. The third-order valence-electron chi connectivity index (χ3n) is 5.80. The van der Waals surface area contributed by atoms with Gasteiger partial charge in [-0.15, -0.1) is 0 Å². The van der Waals surface area contributed by atoms with Gasteiger partial charge in [-0.1, -0.05) is 0 Å². The van der Waals surface area contributed by atoms with Crippen molar-refractivity contribution in [3.8, 4) is 0 Å². The Labute approximate surface area is 238 Å². The zero-order valence-electron chi connectivity index (χ0n) is 22.2. The molecule has 0 bridgehead atoms. The van der Waals surface area contributed by atoms with E-state index in [9.17, 15) is 34.2 Å². The second kappa shape index (κ2) is 17.0. The molecular formula is C23H35N9O8S. The van der Waals surface area contributed by atoms with Crippen LogP contribution in [0.1, 0.15) is 17.8 Å². The van der Waals surface area contributed by atoms with E-state index >= 15 is 0 Å². The van der Waals surface area contributed by atoms with Crippen LogP contribution in [0.25, 0.3) is 0 Å². The number of nitrogens with one attached hydrogen (secondary N) is 6. The number of hydrogen-bond acceptors (Lipinski definition) is 11. The lowest BCUT2D eigenvalue weighted by Crippen LogP contribution is -2.60. The van der Waals surface area contributed by atoms with Gasteiger partial charge in [-0.2, -0.15) is 11.8 Å². The lowest BCUT2D eigenvalue weighted by molar-refractivity contribution is -0.142. The largest absolute Gasteiger partial charge is 0.480 e. The quantitative estimate of drug-likeness (QED) is 0.0787. The van der Waals surface area contributed by atoms with Gasteiger partial charge in [0, 0.05) is 36.6 Å². The first kappa shape index (κ1) is 33.2. The molecule has 41 heavy (non-hydrogen) atoms. The van der Waals surface area contributed by atoms with Crippen molar-refractivity contribution < 1.29 is 39.3 Å². The number of aromatic amines is 2. The van der Waals surface area contributed by atoms with Crippen LogP contribution in [0.4, 0.5) is 0 Å². The number of nitrogens with zero attached hydrogens (tertiary/aromatic N) is 2. The van der Waals surface area contributed by atoms with Crippen LogP contribution in [0.5, 0.6) is 0 Å². The van der Waals surface area contributed by atoms with Gasteiger partial charge < -0.3 is 52.3 Å². The van der Waals surface area contributed by atoms with Crippen molar-refractivity contribution in [1.29, 1.82) is 0 Å². The number of aromatic nitrogens is 4. The number of thioether (sulfide) groups is 1. The Hall–Kier alpha value is -4.00. The second-order valence-electron chi connectivity index (χ2n) is 8.90. The molecule has 0 spiro atoms. The first-order valence-electron chi connectivity index (χ1n) is 12.4. The average molecular weight is 598 g/mol. The van der Waals surface area contributed by atoms with Crippen LogP contribution in [-0.2, 0) is 36.8 Å². The van der Waals surface area contributed by atoms with Crippen molar-refractivity contribution in [2.24, 2.45) is 5.73 Å². The molecule has 2 aromatic heterocycles. The summed E-state index contributed by atoms with van der Waals surface area (Å²) in [5.74, 6) is -4.20. The number of hydrogen-bond donors (Lipinski definition) is 10. The summed E-state index contributed by atoms with van der Waals surface area (Å²) in [5.41, 5.74) is 6.36. The summed E-state index contributed by atoms with van der Waals surface area (Å²) in [6.07, 6.45) is 7.32. The smallest absolute Gasteiger partial charge is 0.326 e. The summed E-state index contributed by atoms with van der Waals surface area (Å²) in [4.78, 5) is 76.6. The van der Waals surface area contributed by atoms with Crippen LogP contribution in [0.2, 0.25) is 0 Å². The summed E-state index contributed by atoms with van der Waals surface area (Å²) < 4.78 is 0. The van der Waals surface area contributed by atoms with Crippen molar-refractivity contribution in [3.05, 3.63) is 36.4 Å². The van der Waals surface area contributed by atoms with Crippen LogP contribution in [-0.4, -0.2) is 120 Å². The van der Waals surface area contributed by atoms with E-state index in [-0.39, 0.29) is 19.3 Å². The molecule has 0 saturated carbocycles. The molecular weight excluding hydrogens is 562 g/mol. The lowest BCUT2D eigenvalue weighted by atomic mass is 10.1. The Morgan fingerprint density at radius 1 is 0.805 bits per heavy atom. The Balaban J connectivity index is 2.25. The minimum absolute atomic E-state index is 0.0778. The number of aliphatic carboxylic acids is 1. The normalized spacial score (nSPS) is 14.6. The van der Waals surface area contributed by atoms with Gasteiger partial charge in [0.05, 0.1) is 25.9 Å². The molecule has 0 aliphatic heterocycles. The van der Waals surface area contributed by atoms with Gasteiger partial charge in [0.1, 0.15) is 30.2 Å². The highest BCUT2D eigenvalue weighted by molar-refractivity contribution is 7.98. The highest BCUT2D eigenvalue weighted by atomic mass is 32.2. The molecule has 226 valence electrons. The van der Waals surface area contributed by atoms with Crippen molar-refractivity contribution in [2.75, 3.05) is 25.2 Å². The Bertz CT molecular complexity index is 1130. The number of rotatable bonds is 18. The minimum atomic E-state index is -1.51. The number of carboxylic acid groups (broad SMARTS) is 1. The maximum Gasteiger partial charge on any atom is 0.326 e. The van der Waals surface area contributed by atoms with Crippen LogP contribution in [0, 0.1) is 0 Å². The summed E-state index contributed by atoms with van der Waals surface area (Å²) >= 11 is 1.41. The molecule has 2 heterocycles. The number of aliphatic hydroxyl groups excluding tert-OH is 2. The fourth-order valence-corrected chi connectivity index (χ4v) is 3.99. The van der Waals surface area contributed by atoms with Gasteiger partial charge in [0.25, 0.3) is 0 Å². The van der Waals surface area contributed by atoms with Crippen LogP contribution in [0.3, 0.4) is 0 Å². The van der Waals surface area contributed by atoms with Crippen LogP contribution >= 0.6 is 11.8 Å². The van der Waals surface area contributed by atoms with Gasteiger partial charge in [-0.05, 0) is 18.4 Å². The topological polar surface area (TPSA) is 278 Å². The van der Waals surface area contributed by atoms with Crippen molar-refractivity contribution in [2.45, 2.75) is 49.5 Å². The number of carboxylic acids is 1. The molecule has 2 aromatic rings. The Kier molecular flexibility index (Phi) is 13.7. The monoisotopic (exact) mass is 597 g/mol. The van der Waals surface area contributed by atoms with E-state index in [0.29, 0.717) is 17.1 Å².